The van der Waals surface area contributed by atoms with Crippen molar-refractivity contribution < 1.29 is 13.2 Å². The quantitative estimate of drug-likeness (QED) is 0.899. The van der Waals surface area contributed by atoms with Crippen LogP contribution in [0.2, 0.25) is 5.02 Å². The summed E-state index contributed by atoms with van der Waals surface area (Å²) >= 11 is 5.88. The lowest BCUT2D eigenvalue weighted by Crippen LogP contribution is -2.27. The van der Waals surface area contributed by atoms with E-state index in [1.165, 1.54) is 18.2 Å². The minimum atomic E-state index is -3.48. The first-order chi connectivity index (χ1) is 10.8. The molecule has 1 N–H and O–H groups in total. The fraction of sp³-hybridized carbons (Fsp3) is 0.235. The number of carbonyl (C=O) groups excluding carboxylic acids is 1. The molecule has 122 valence electrons. The van der Waals surface area contributed by atoms with Gasteiger partial charge in [0.2, 0.25) is 0 Å². The summed E-state index contributed by atoms with van der Waals surface area (Å²) in [6.07, 6.45) is 1.06. The Kier molecular flexibility index (Phi) is 5.44. The van der Waals surface area contributed by atoms with E-state index in [0.717, 1.165) is 11.8 Å². The monoisotopic (exact) mass is 351 g/mol. The highest BCUT2D eigenvalue weighted by atomic mass is 35.5. The molecule has 0 aliphatic heterocycles. The van der Waals surface area contributed by atoms with Gasteiger partial charge in [-0.2, -0.15) is 0 Å². The van der Waals surface area contributed by atoms with Crippen LogP contribution in [0.4, 0.5) is 0 Å². The largest absolute Gasteiger partial charge is 0.351 e. The molecular formula is C17H18ClNO3S. The molecule has 2 aromatic rings. The lowest BCUT2D eigenvalue weighted by Gasteiger charge is -2.13. The van der Waals surface area contributed by atoms with Gasteiger partial charge in [0.25, 0.3) is 5.91 Å². The molecule has 4 nitrogen and oxygen atoms in total. The molecule has 2 aromatic carbocycles. The van der Waals surface area contributed by atoms with Crippen LogP contribution in [-0.2, 0) is 9.84 Å². The number of carbonyl (C=O) groups is 1. The second kappa shape index (κ2) is 7.15. The van der Waals surface area contributed by atoms with Gasteiger partial charge >= 0.3 is 0 Å². The van der Waals surface area contributed by atoms with Crippen LogP contribution in [0.25, 0.3) is 0 Å². The van der Waals surface area contributed by atoms with Crippen LogP contribution in [0.5, 0.6) is 0 Å². The third kappa shape index (κ3) is 4.56. The summed E-state index contributed by atoms with van der Waals surface area (Å²) in [5.41, 5.74) is 1.40. The molecule has 0 bridgehead atoms. The van der Waals surface area contributed by atoms with E-state index in [4.69, 9.17) is 11.6 Å². The van der Waals surface area contributed by atoms with Crippen LogP contribution in [0, 0.1) is 0 Å². The van der Waals surface area contributed by atoms with Crippen LogP contribution in [0.3, 0.4) is 0 Å². The standard InChI is InChI=1S/C17H18ClNO3S/c1-12(13-6-4-3-5-7-13)11-19-17(20)14-8-9-15(18)16(10-14)23(2,21)22/h3-10,12H,11H2,1-2H3,(H,19,20). The Morgan fingerprint density at radius 3 is 2.43 bits per heavy atom. The number of rotatable bonds is 5. The van der Waals surface area contributed by atoms with E-state index in [0.29, 0.717) is 6.54 Å². The van der Waals surface area contributed by atoms with Crippen molar-refractivity contribution in [2.24, 2.45) is 0 Å². The molecule has 1 unspecified atom stereocenters. The fourth-order valence-electron chi connectivity index (χ4n) is 2.18. The number of halogens is 1. The van der Waals surface area contributed by atoms with Crippen LogP contribution in [0.1, 0.15) is 28.8 Å². The van der Waals surface area contributed by atoms with E-state index in [1.807, 2.05) is 37.3 Å². The summed E-state index contributed by atoms with van der Waals surface area (Å²) in [6, 6.07) is 14.1. The maximum atomic E-state index is 12.2. The summed E-state index contributed by atoms with van der Waals surface area (Å²) < 4.78 is 23.3. The minimum absolute atomic E-state index is 0.0390. The van der Waals surface area contributed by atoms with Crippen molar-refractivity contribution in [3.05, 3.63) is 64.7 Å². The van der Waals surface area contributed by atoms with Crippen molar-refractivity contribution in [3.8, 4) is 0 Å². The van der Waals surface area contributed by atoms with Gasteiger partial charge in [0, 0.05) is 18.4 Å². The zero-order valence-electron chi connectivity index (χ0n) is 12.9. The molecule has 0 aliphatic carbocycles. The number of benzene rings is 2. The lowest BCUT2D eigenvalue weighted by molar-refractivity contribution is 0.0951. The van der Waals surface area contributed by atoms with Crippen LogP contribution >= 0.6 is 11.6 Å². The molecule has 0 fully saturated rings. The van der Waals surface area contributed by atoms with Gasteiger partial charge in [0.05, 0.1) is 9.92 Å². The van der Waals surface area contributed by atoms with Gasteiger partial charge in [-0.1, -0.05) is 48.9 Å². The smallest absolute Gasteiger partial charge is 0.251 e. The highest BCUT2D eigenvalue weighted by Crippen LogP contribution is 2.22. The number of hydrogen-bond acceptors (Lipinski definition) is 3. The van der Waals surface area contributed by atoms with Gasteiger partial charge in [0.15, 0.2) is 9.84 Å². The Morgan fingerprint density at radius 1 is 1.17 bits per heavy atom. The molecule has 0 heterocycles. The average molecular weight is 352 g/mol. The normalized spacial score (nSPS) is 12.7. The maximum Gasteiger partial charge on any atom is 0.251 e. The Morgan fingerprint density at radius 2 is 1.83 bits per heavy atom. The molecule has 0 saturated heterocycles. The number of nitrogens with one attached hydrogen (secondary N) is 1. The second-order valence-electron chi connectivity index (χ2n) is 5.44. The van der Waals surface area contributed by atoms with E-state index < -0.39 is 9.84 Å². The summed E-state index contributed by atoms with van der Waals surface area (Å²) in [6.45, 7) is 2.47. The van der Waals surface area contributed by atoms with E-state index in [2.05, 4.69) is 5.32 Å². The highest BCUT2D eigenvalue weighted by Gasteiger charge is 2.16. The van der Waals surface area contributed by atoms with Gasteiger partial charge in [0.1, 0.15) is 0 Å². The first-order valence-corrected chi connectivity index (χ1v) is 9.38. The van der Waals surface area contributed by atoms with Gasteiger partial charge in [-0.15, -0.1) is 0 Å². The molecular weight excluding hydrogens is 334 g/mol. The zero-order valence-corrected chi connectivity index (χ0v) is 14.5. The van der Waals surface area contributed by atoms with Crippen LogP contribution < -0.4 is 5.32 Å². The molecule has 0 aromatic heterocycles. The molecule has 2 rings (SSSR count). The topological polar surface area (TPSA) is 63.2 Å². The Balaban J connectivity index is 2.10. The molecule has 0 radical (unpaired) electrons. The third-order valence-corrected chi connectivity index (χ3v) is 5.11. The Bertz CT molecular complexity index is 804. The molecule has 0 spiro atoms. The maximum absolute atomic E-state index is 12.2. The molecule has 1 amide bonds. The average Bonchev–Trinajstić information content (AvgIpc) is 2.52. The van der Waals surface area contributed by atoms with Crippen LogP contribution in [-0.4, -0.2) is 27.1 Å². The Labute approximate surface area is 141 Å². The number of sulfone groups is 1. The van der Waals surface area contributed by atoms with Gasteiger partial charge < -0.3 is 5.32 Å². The van der Waals surface area contributed by atoms with Crippen molar-refractivity contribution >= 4 is 27.3 Å². The molecule has 0 aliphatic rings. The molecule has 0 saturated carbocycles. The third-order valence-electron chi connectivity index (χ3n) is 3.53. The van der Waals surface area contributed by atoms with Crippen molar-refractivity contribution in [2.75, 3.05) is 12.8 Å². The predicted molar refractivity (Wildman–Crippen MR) is 91.8 cm³/mol. The van der Waals surface area contributed by atoms with Crippen molar-refractivity contribution in [1.82, 2.24) is 5.32 Å². The summed E-state index contributed by atoms with van der Waals surface area (Å²) in [5, 5.41) is 2.93. The predicted octanol–water partition coefficient (Wildman–Crippen LogP) is 3.28. The van der Waals surface area contributed by atoms with Crippen LogP contribution in [0.15, 0.2) is 53.4 Å². The van der Waals surface area contributed by atoms with Crippen molar-refractivity contribution in [3.63, 3.8) is 0 Å². The number of amides is 1. The minimum Gasteiger partial charge on any atom is -0.351 e. The van der Waals surface area contributed by atoms with Gasteiger partial charge in [-0.3, -0.25) is 4.79 Å². The first-order valence-electron chi connectivity index (χ1n) is 7.12. The number of hydrogen-bond donors (Lipinski definition) is 1. The lowest BCUT2D eigenvalue weighted by atomic mass is 10.0. The van der Waals surface area contributed by atoms with E-state index in [1.54, 1.807) is 0 Å². The fourth-order valence-corrected chi connectivity index (χ4v) is 3.48. The molecule has 6 heteroatoms. The van der Waals surface area contributed by atoms with E-state index in [9.17, 15) is 13.2 Å². The van der Waals surface area contributed by atoms with Crippen molar-refractivity contribution in [1.29, 1.82) is 0 Å². The zero-order chi connectivity index (χ0) is 17.0. The SMILES string of the molecule is CC(CNC(=O)c1ccc(Cl)c(S(C)(=O)=O)c1)c1ccccc1. The Hall–Kier alpha value is -1.85. The van der Waals surface area contributed by atoms with E-state index in [-0.39, 0.29) is 27.3 Å². The summed E-state index contributed by atoms with van der Waals surface area (Å²) in [7, 11) is -3.48. The van der Waals surface area contributed by atoms with Gasteiger partial charge in [-0.05, 0) is 29.7 Å². The summed E-state index contributed by atoms with van der Waals surface area (Å²) in [5.74, 6) is -0.170. The summed E-state index contributed by atoms with van der Waals surface area (Å²) in [4.78, 5) is 12.2. The van der Waals surface area contributed by atoms with Gasteiger partial charge in [-0.25, -0.2) is 8.42 Å². The van der Waals surface area contributed by atoms with Crippen molar-refractivity contribution in [2.45, 2.75) is 17.7 Å². The van der Waals surface area contributed by atoms with E-state index >= 15 is 0 Å². The second-order valence-corrected chi connectivity index (χ2v) is 7.83. The molecule has 23 heavy (non-hydrogen) atoms. The molecule has 1 atom stereocenters. The first kappa shape index (κ1) is 17.5. The highest BCUT2D eigenvalue weighted by molar-refractivity contribution is 7.90.